The SMILES string of the molecule is COC(=O)C1CCC(Oc2cccc(Cl)c2)CC1. The van der Waals surface area contributed by atoms with Crippen LogP contribution in [0.3, 0.4) is 0 Å². The second-order valence-corrected chi connectivity index (χ2v) is 5.01. The average Bonchev–Trinajstić information content (AvgIpc) is 2.39. The van der Waals surface area contributed by atoms with E-state index in [1.54, 1.807) is 0 Å². The molecule has 0 atom stereocenters. The number of rotatable bonds is 3. The summed E-state index contributed by atoms with van der Waals surface area (Å²) >= 11 is 5.90. The Balaban J connectivity index is 1.85. The van der Waals surface area contributed by atoms with E-state index in [-0.39, 0.29) is 18.0 Å². The lowest BCUT2D eigenvalue weighted by Crippen LogP contribution is -2.28. The van der Waals surface area contributed by atoms with Crippen molar-refractivity contribution in [3.63, 3.8) is 0 Å². The minimum absolute atomic E-state index is 0.0363. The van der Waals surface area contributed by atoms with Gasteiger partial charge in [-0.15, -0.1) is 0 Å². The molecule has 0 N–H and O–H groups in total. The first kappa shape index (κ1) is 13.2. The van der Waals surface area contributed by atoms with E-state index in [2.05, 4.69) is 0 Å². The molecule has 0 spiro atoms. The van der Waals surface area contributed by atoms with Gasteiger partial charge in [0.2, 0.25) is 0 Å². The van der Waals surface area contributed by atoms with Crippen LogP contribution < -0.4 is 4.74 Å². The first-order valence-corrected chi connectivity index (χ1v) is 6.57. The van der Waals surface area contributed by atoms with Crippen LogP contribution in [0.1, 0.15) is 25.7 Å². The highest BCUT2D eigenvalue weighted by atomic mass is 35.5. The van der Waals surface area contributed by atoms with E-state index in [0.29, 0.717) is 5.02 Å². The number of benzene rings is 1. The highest BCUT2D eigenvalue weighted by molar-refractivity contribution is 6.30. The molecule has 0 aliphatic heterocycles. The largest absolute Gasteiger partial charge is 0.490 e. The third kappa shape index (κ3) is 3.39. The summed E-state index contributed by atoms with van der Waals surface area (Å²) in [7, 11) is 1.44. The maximum Gasteiger partial charge on any atom is 0.308 e. The fraction of sp³-hybridized carbons (Fsp3) is 0.500. The number of ether oxygens (including phenoxy) is 2. The molecule has 1 aromatic carbocycles. The Kier molecular flexibility index (Phi) is 4.48. The van der Waals surface area contributed by atoms with Gasteiger partial charge in [-0.25, -0.2) is 0 Å². The van der Waals surface area contributed by atoms with Crippen molar-refractivity contribution >= 4 is 17.6 Å². The fourth-order valence-corrected chi connectivity index (χ4v) is 2.50. The number of methoxy groups -OCH3 is 1. The second kappa shape index (κ2) is 6.10. The lowest BCUT2D eigenvalue weighted by atomic mass is 9.87. The quantitative estimate of drug-likeness (QED) is 0.788. The summed E-state index contributed by atoms with van der Waals surface area (Å²) in [5.41, 5.74) is 0. The van der Waals surface area contributed by atoms with E-state index in [4.69, 9.17) is 21.1 Å². The van der Waals surface area contributed by atoms with Crippen LogP contribution in [0.25, 0.3) is 0 Å². The van der Waals surface area contributed by atoms with Crippen molar-refractivity contribution in [3.8, 4) is 5.75 Å². The highest BCUT2D eigenvalue weighted by Crippen LogP contribution is 2.29. The van der Waals surface area contributed by atoms with Crippen LogP contribution in [0.5, 0.6) is 5.75 Å². The summed E-state index contributed by atoms with van der Waals surface area (Å²) in [6.07, 6.45) is 3.60. The van der Waals surface area contributed by atoms with Gasteiger partial charge in [0, 0.05) is 5.02 Å². The zero-order chi connectivity index (χ0) is 13.0. The van der Waals surface area contributed by atoms with Crippen molar-refractivity contribution in [3.05, 3.63) is 29.3 Å². The van der Waals surface area contributed by atoms with E-state index in [1.165, 1.54) is 7.11 Å². The monoisotopic (exact) mass is 268 g/mol. The van der Waals surface area contributed by atoms with E-state index < -0.39 is 0 Å². The Morgan fingerprint density at radius 1 is 1.28 bits per heavy atom. The predicted octanol–water partition coefficient (Wildman–Crippen LogP) is 3.45. The number of halogens is 1. The van der Waals surface area contributed by atoms with Crippen molar-refractivity contribution in [2.45, 2.75) is 31.8 Å². The standard InChI is InChI=1S/C14H17ClO3/c1-17-14(16)10-5-7-12(8-6-10)18-13-4-2-3-11(15)9-13/h2-4,9-10,12H,5-8H2,1H3. The average molecular weight is 269 g/mol. The first-order chi connectivity index (χ1) is 8.69. The Labute approximate surface area is 112 Å². The summed E-state index contributed by atoms with van der Waals surface area (Å²) in [6.45, 7) is 0. The lowest BCUT2D eigenvalue weighted by Gasteiger charge is -2.27. The molecule has 0 amide bonds. The predicted molar refractivity (Wildman–Crippen MR) is 69.8 cm³/mol. The van der Waals surface area contributed by atoms with Gasteiger partial charge in [0.05, 0.1) is 19.1 Å². The van der Waals surface area contributed by atoms with Gasteiger partial charge >= 0.3 is 5.97 Å². The van der Waals surface area contributed by atoms with Crippen molar-refractivity contribution in [1.82, 2.24) is 0 Å². The first-order valence-electron chi connectivity index (χ1n) is 6.19. The molecule has 0 radical (unpaired) electrons. The van der Waals surface area contributed by atoms with Gasteiger partial charge in [-0.05, 0) is 43.9 Å². The van der Waals surface area contributed by atoms with Gasteiger partial charge < -0.3 is 9.47 Å². The van der Waals surface area contributed by atoms with E-state index in [0.717, 1.165) is 31.4 Å². The molecule has 1 aromatic rings. The molecule has 1 aliphatic carbocycles. The molecule has 1 saturated carbocycles. The summed E-state index contributed by atoms with van der Waals surface area (Å²) in [4.78, 5) is 11.4. The van der Waals surface area contributed by atoms with Crippen molar-refractivity contribution in [2.24, 2.45) is 5.92 Å². The Hall–Kier alpha value is -1.22. The third-order valence-corrected chi connectivity index (χ3v) is 3.54. The smallest absolute Gasteiger partial charge is 0.308 e. The highest BCUT2D eigenvalue weighted by Gasteiger charge is 2.27. The van der Waals surface area contributed by atoms with Gasteiger partial charge in [0.15, 0.2) is 0 Å². The Morgan fingerprint density at radius 3 is 2.61 bits per heavy atom. The van der Waals surface area contributed by atoms with Crippen LogP contribution in [0.15, 0.2) is 24.3 Å². The number of hydrogen-bond acceptors (Lipinski definition) is 3. The minimum Gasteiger partial charge on any atom is -0.490 e. The molecule has 4 heteroatoms. The number of esters is 1. The minimum atomic E-state index is -0.101. The topological polar surface area (TPSA) is 35.5 Å². The molecule has 0 bridgehead atoms. The Bertz CT molecular complexity index is 411. The zero-order valence-electron chi connectivity index (χ0n) is 10.4. The molecular formula is C14H17ClO3. The fourth-order valence-electron chi connectivity index (χ4n) is 2.32. The van der Waals surface area contributed by atoms with Crippen molar-refractivity contribution in [1.29, 1.82) is 0 Å². The molecule has 1 fully saturated rings. The van der Waals surface area contributed by atoms with Crippen LogP contribution in [0.4, 0.5) is 0 Å². The zero-order valence-corrected chi connectivity index (χ0v) is 11.2. The number of carbonyl (C=O) groups is 1. The molecule has 1 aliphatic rings. The summed E-state index contributed by atoms with van der Waals surface area (Å²) in [5.74, 6) is 0.731. The van der Waals surface area contributed by atoms with E-state index in [9.17, 15) is 4.79 Å². The van der Waals surface area contributed by atoms with Crippen molar-refractivity contribution in [2.75, 3.05) is 7.11 Å². The van der Waals surface area contributed by atoms with Crippen LogP contribution >= 0.6 is 11.6 Å². The molecule has 98 valence electrons. The Morgan fingerprint density at radius 2 is 2.00 bits per heavy atom. The van der Waals surface area contributed by atoms with Gasteiger partial charge in [0.1, 0.15) is 5.75 Å². The summed E-state index contributed by atoms with van der Waals surface area (Å²) in [6, 6.07) is 7.41. The van der Waals surface area contributed by atoms with Crippen LogP contribution in [-0.4, -0.2) is 19.2 Å². The van der Waals surface area contributed by atoms with Crippen LogP contribution in [-0.2, 0) is 9.53 Å². The van der Waals surface area contributed by atoms with E-state index >= 15 is 0 Å². The molecule has 0 unspecified atom stereocenters. The molecule has 2 rings (SSSR count). The van der Waals surface area contributed by atoms with Gasteiger partial charge in [-0.2, -0.15) is 0 Å². The van der Waals surface area contributed by atoms with Crippen molar-refractivity contribution < 1.29 is 14.3 Å². The summed E-state index contributed by atoms with van der Waals surface area (Å²) < 4.78 is 10.6. The van der Waals surface area contributed by atoms with E-state index in [1.807, 2.05) is 24.3 Å². The normalized spacial score (nSPS) is 23.4. The third-order valence-electron chi connectivity index (χ3n) is 3.31. The number of hydrogen-bond donors (Lipinski definition) is 0. The molecule has 18 heavy (non-hydrogen) atoms. The second-order valence-electron chi connectivity index (χ2n) is 4.57. The molecular weight excluding hydrogens is 252 g/mol. The van der Waals surface area contributed by atoms with Gasteiger partial charge in [-0.3, -0.25) is 4.79 Å². The van der Waals surface area contributed by atoms with Gasteiger partial charge in [-0.1, -0.05) is 17.7 Å². The maximum absolute atomic E-state index is 11.4. The molecule has 0 heterocycles. The van der Waals surface area contributed by atoms with Crippen LogP contribution in [0, 0.1) is 5.92 Å². The maximum atomic E-state index is 11.4. The van der Waals surface area contributed by atoms with Gasteiger partial charge in [0.25, 0.3) is 0 Å². The lowest BCUT2D eigenvalue weighted by molar-refractivity contribution is -0.147. The molecule has 0 saturated heterocycles. The summed E-state index contributed by atoms with van der Waals surface area (Å²) in [5, 5.41) is 0.677. The molecule has 0 aromatic heterocycles. The molecule has 3 nitrogen and oxygen atoms in total. The number of carbonyl (C=O) groups excluding carboxylic acids is 1. The van der Waals surface area contributed by atoms with Crippen LogP contribution in [0.2, 0.25) is 5.02 Å².